The Kier molecular flexibility index (Phi) is 2.66. The lowest BCUT2D eigenvalue weighted by molar-refractivity contribution is 0.387. The third kappa shape index (κ3) is 2.03. The minimum absolute atomic E-state index is 0.280. The highest BCUT2D eigenvalue weighted by Crippen LogP contribution is 2.15. The van der Waals surface area contributed by atoms with Crippen LogP contribution in [-0.4, -0.2) is 5.54 Å². The van der Waals surface area contributed by atoms with Crippen molar-refractivity contribution in [3.05, 3.63) is 0 Å². The van der Waals surface area contributed by atoms with E-state index in [2.05, 4.69) is 6.07 Å². The molecule has 0 aliphatic heterocycles. The molecule has 2 nitrogen and oxygen atoms in total. The molecule has 0 saturated carbocycles. The first-order chi connectivity index (χ1) is 4.04. The van der Waals surface area contributed by atoms with Crippen LogP contribution >= 0.6 is 0 Å². The highest BCUT2D eigenvalue weighted by molar-refractivity contribution is 5.03. The summed E-state index contributed by atoms with van der Waals surface area (Å²) in [5.41, 5.74) is 4.96. The van der Waals surface area contributed by atoms with E-state index in [1.807, 2.05) is 13.8 Å². The molecule has 0 aliphatic rings. The number of rotatable bonds is 2. The van der Waals surface area contributed by atoms with Gasteiger partial charge in [0.1, 0.15) is 5.54 Å². The van der Waals surface area contributed by atoms with Crippen molar-refractivity contribution in [2.75, 3.05) is 0 Å². The Morgan fingerprint density at radius 2 is 2.22 bits per heavy atom. The fourth-order valence-electron chi connectivity index (χ4n) is 0.534. The maximum absolute atomic E-state index is 8.52. The first kappa shape index (κ1) is 8.45. The van der Waals surface area contributed by atoms with Crippen LogP contribution in [0.15, 0.2) is 0 Å². The number of hydrogen-bond acceptors (Lipinski definition) is 2. The second-order valence-electron chi connectivity index (χ2n) is 2.70. The van der Waals surface area contributed by atoms with Crippen molar-refractivity contribution < 1.29 is 0 Å². The van der Waals surface area contributed by atoms with E-state index in [0.717, 1.165) is 6.42 Å². The molecule has 2 heteroatoms. The monoisotopic (exact) mass is 126 g/mol. The molecular formula is C7H14N2. The molecule has 2 atom stereocenters. The van der Waals surface area contributed by atoms with Crippen LogP contribution in [0.5, 0.6) is 0 Å². The van der Waals surface area contributed by atoms with Gasteiger partial charge in [-0.05, 0) is 12.8 Å². The van der Waals surface area contributed by atoms with E-state index >= 15 is 0 Å². The summed E-state index contributed by atoms with van der Waals surface area (Å²) >= 11 is 0. The van der Waals surface area contributed by atoms with E-state index in [0.29, 0.717) is 0 Å². The lowest BCUT2D eigenvalue weighted by Gasteiger charge is -2.22. The van der Waals surface area contributed by atoms with Gasteiger partial charge in [-0.2, -0.15) is 5.26 Å². The zero-order chi connectivity index (χ0) is 7.49. The fourth-order valence-corrected chi connectivity index (χ4v) is 0.534. The van der Waals surface area contributed by atoms with Gasteiger partial charge in [0.25, 0.3) is 0 Å². The van der Waals surface area contributed by atoms with Crippen molar-refractivity contribution in [3.8, 4) is 6.07 Å². The molecule has 0 aromatic carbocycles. The van der Waals surface area contributed by atoms with Crippen LogP contribution < -0.4 is 5.73 Å². The van der Waals surface area contributed by atoms with E-state index in [4.69, 9.17) is 11.0 Å². The maximum Gasteiger partial charge on any atom is 0.104 e. The smallest absolute Gasteiger partial charge is 0.104 e. The topological polar surface area (TPSA) is 49.8 Å². The van der Waals surface area contributed by atoms with Gasteiger partial charge < -0.3 is 5.73 Å². The predicted molar refractivity (Wildman–Crippen MR) is 37.7 cm³/mol. The lowest BCUT2D eigenvalue weighted by atomic mass is 9.88. The van der Waals surface area contributed by atoms with E-state index < -0.39 is 5.54 Å². The minimum atomic E-state index is -0.644. The maximum atomic E-state index is 8.52. The summed E-state index contributed by atoms with van der Waals surface area (Å²) < 4.78 is 0. The first-order valence-electron chi connectivity index (χ1n) is 3.24. The molecule has 0 saturated heterocycles. The molecular weight excluding hydrogens is 112 g/mol. The normalized spacial score (nSPS) is 19.9. The Bertz CT molecular complexity index is 121. The molecule has 9 heavy (non-hydrogen) atoms. The lowest BCUT2D eigenvalue weighted by Crippen LogP contribution is -2.40. The standard InChI is InChI=1S/C7H14N2/c1-4-6(2)7(3,9)5-8/h6H,4,9H2,1-3H3. The van der Waals surface area contributed by atoms with Crippen LogP contribution in [0.1, 0.15) is 27.2 Å². The van der Waals surface area contributed by atoms with Crippen molar-refractivity contribution in [2.24, 2.45) is 11.7 Å². The van der Waals surface area contributed by atoms with E-state index in [1.165, 1.54) is 0 Å². The van der Waals surface area contributed by atoms with Crippen LogP contribution in [0.3, 0.4) is 0 Å². The van der Waals surface area contributed by atoms with E-state index in [1.54, 1.807) is 6.92 Å². The second-order valence-corrected chi connectivity index (χ2v) is 2.70. The third-order valence-electron chi connectivity index (χ3n) is 1.88. The summed E-state index contributed by atoms with van der Waals surface area (Å²) in [7, 11) is 0. The van der Waals surface area contributed by atoms with Gasteiger partial charge in [-0.25, -0.2) is 0 Å². The molecule has 0 spiro atoms. The van der Waals surface area contributed by atoms with Gasteiger partial charge in [0.05, 0.1) is 6.07 Å². The van der Waals surface area contributed by atoms with Crippen molar-refractivity contribution in [1.29, 1.82) is 5.26 Å². The zero-order valence-electron chi connectivity index (χ0n) is 6.31. The number of nitrogens with zero attached hydrogens (tertiary/aromatic N) is 1. The molecule has 0 rings (SSSR count). The molecule has 2 unspecified atom stereocenters. The number of nitriles is 1. The Balaban J connectivity index is 4.01. The third-order valence-corrected chi connectivity index (χ3v) is 1.88. The molecule has 0 radical (unpaired) electrons. The zero-order valence-corrected chi connectivity index (χ0v) is 6.31. The van der Waals surface area contributed by atoms with Gasteiger partial charge in [-0.15, -0.1) is 0 Å². The fraction of sp³-hybridized carbons (Fsp3) is 0.857. The molecule has 0 fully saturated rings. The summed E-state index contributed by atoms with van der Waals surface area (Å²) in [6, 6.07) is 2.07. The molecule has 0 aromatic rings. The molecule has 52 valence electrons. The summed E-state index contributed by atoms with van der Waals surface area (Å²) in [5, 5.41) is 8.52. The highest BCUT2D eigenvalue weighted by Gasteiger charge is 2.23. The van der Waals surface area contributed by atoms with Crippen LogP contribution in [0, 0.1) is 17.2 Å². The molecule has 0 aromatic heterocycles. The number of nitrogens with two attached hydrogens (primary N) is 1. The van der Waals surface area contributed by atoms with Gasteiger partial charge in [0, 0.05) is 0 Å². The van der Waals surface area contributed by atoms with Crippen LogP contribution in [-0.2, 0) is 0 Å². The van der Waals surface area contributed by atoms with Gasteiger partial charge in [-0.3, -0.25) is 0 Å². The van der Waals surface area contributed by atoms with Crippen LogP contribution in [0.25, 0.3) is 0 Å². The SMILES string of the molecule is CCC(C)C(C)(N)C#N. The summed E-state index contributed by atoms with van der Waals surface area (Å²) in [6.07, 6.45) is 0.959. The molecule has 0 aliphatic carbocycles. The van der Waals surface area contributed by atoms with E-state index in [9.17, 15) is 0 Å². The Morgan fingerprint density at radius 1 is 1.78 bits per heavy atom. The van der Waals surface area contributed by atoms with Crippen molar-refractivity contribution in [3.63, 3.8) is 0 Å². The van der Waals surface area contributed by atoms with Gasteiger partial charge >= 0.3 is 0 Å². The minimum Gasteiger partial charge on any atom is -0.313 e. The quantitative estimate of drug-likeness (QED) is 0.605. The second kappa shape index (κ2) is 2.84. The van der Waals surface area contributed by atoms with Gasteiger partial charge in [-0.1, -0.05) is 20.3 Å². The molecule has 0 amide bonds. The summed E-state index contributed by atoms with van der Waals surface area (Å²) in [5.74, 6) is 0.280. The van der Waals surface area contributed by atoms with Crippen LogP contribution in [0.4, 0.5) is 0 Å². The number of hydrogen-bond donors (Lipinski definition) is 1. The molecule has 0 bridgehead atoms. The van der Waals surface area contributed by atoms with E-state index in [-0.39, 0.29) is 5.92 Å². The largest absolute Gasteiger partial charge is 0.313 e. The van der Waals surface area contributed by atoms with Crippen LogP contribution in [0.2, 0.25) is 0 Å². The molecule has 2 N–H and O–H groups in total. The van der Waals surface area contributed by atoms with Crippen molar-refractivity contribution in [1.82, 2.24) is 0 Å². The van der Waals surface area contributed by atoms with Crippen molar-refractivity contribution in [2.45, 2.75) is 32.7 Å². The highest BCUT2D eigenvalue weighted by atomic mass is 14.7. The Hall–Kier alpha value is -0.550. The Morgan fingerprint density at radius 3 is 2.33 bits per heavy atom. The predicted octanol–water partition coefficient (Wildman–Crippen LogP) is 1.27. The average Bonchev–Trinajstić information content (AvgIpc) is 1.86. The average molecular weight is 126 g/mol. The first-order valence-corrected chi connectivity index (χ1v) is 3.24. The van der Waals surface area contributed by atoms with Gasteiger partial charge in [0.15, 0.2) is 0 Å². The summed E-state index contributed by atoms with van der Waals surface area (Å²) in [6.45, 7) is 5.79. The van der Waals surface area contributed by atoms with Gasteiger partial charge in [0.2, 0.25) is 0 Å². The van der Waals surface area contributed by atoms with Crippen molar-refractivity contribution >= 4 is 0 Å². The summed E-state index contributed by atoms with van der Waals surface area (Å²) in [4.78, 5) is 0. The molecule has 0 heterocycles. The Labute approximate surface area is 56.7 Å².